The summed E-state index contributed by atoms with van der Waals surface area (Å²) in [6, 6.07) is 9.80. The van der Waals surface area contributed by atoms with Gasteiger partial charge in [0.05, 0.1) is 23.2 Å². The molecule has 0 radical (unpaired) electrons. The van der Waals surface area contributed by atoms with Crippen LogP contribution in [0.15, 0.2) is 47.5 Å². The molecule has 0 spiro atoms. The normalized spacial score (nSPS) is 18.0. The number of amides is 2. The number of aromatic nitrogens is 2. The Morgan fingerprint density at radius 3 is 2.64 bits per heavy atom. The van der Waals surface area contributed by atoms with Gasteiger partial charge in [0.2, 0.25) is 5.62 Å². The minimum Gasteiger partial charge on any atom is -0.449 e. The van der Waals surface area contributed by atoms with Crippen LogP contribution in [0.4, 0.5) is 23.7 Å². The number of alkyl halides is 3. The molecule has 10 heteroatoms. The van der Waals surface area contributed by atoms with E-state index in [2.05, 4.69) is 9.98 Å². The van der Waals surface area contributed by atoms with E-state index in [0.717, 1.165) is 49.8 Å². The summed E-state index contributed by atoms with van der Waals surface area (Å²) in [5, 5.41) is 0. The van der Waals surface area contributed by atoms with Gasteiger partial charge in [-0.25, -0.2) is 4.79 Å². The number of aromatic amines is 1. The quantitative estimate of drug-likeness (QED) is 0.502. The lowest BCUT2D eigenvalue weighted by atomic mass is 9.89. The van der Waals surface area contributed by atoms with Crippen molar-refractivity contribution in [3.05, 3.63) is 59.2 Å². The Morgan fingerprint density at radius 1 is 1.08 bits per heavy atom. The molecule has 0 bridgehead atoms. The smallest absolute Gasteiger partial charge is 0.416 e. The molecule has 1 N–H and O–H groups in total. The maximum atomic E-state index is 13.2. The maximum Gasteiger partial charge on any atom is 0.416 e. The van der Waals surface area contributed by atoms with Gasteiger partial charge in [-0.05, 0) is 61.6 Å². The van der Waals surface area contributed by atoms with Gasteiger partial charge < -0.3 is 14.3 Å². The standard InChI is InChI=1S/C26H27F3N4O3/c27-26(28,29)19-9-4-8-18(14-19)23(34)31-24-30-21-15-20(32-12-5-13-36-25(32)35)10-11-22(21)33(24)16-17-6-2-1-3-7-17/h4,8-11,14-15,17H,1-3,5-7,12-13,16H2,(H,30,31,34). The minimum absolute atomic E-state index is 0.135. The predicted molar refractivity (Wildman–Crippen MR) is 128 cm³/mol. The number of H-pyrrole nitrogens is 1. The van der Waals surface area contributed by atoms with Crippen LogP contribution in [0.3, 0.4) is 0 Å². The third kappa shape index (κ3) is 5.03. The highest BCUT2D eigenvalue weighted by atomic mass is 19.4. The Kier molecular flexibility index (Phi) is 6.59. The van der Waals surface area contributed by atoms with Gasteiger partial charge in [0.1, 0.15) is 0 Å². The summed E-state index contributed by atoms with van der Waals surface area (Å²) in [5.41, 5.74) is 1.39. The first kappa shape index (κ1) is 24.1. The molecule has 36 heavy (non-hydrogen) atoms. The minimum atomic E-state index is -4.55. The Labute approximate surface area is 205 Å². The Hall–Kier alpha value is -3.56. The molecule has 190 valence electrons. The first-order valence-electron chi connectivity index (χ1n) is 12.2. The Morgan fingerprint density at radius 2 is 1.89 bits per heavy atom. The molecule has 7 nitrogen and oxygen atoms in total. The number of nitrogens with zero attached hydrogens (tertiary/aromatic N) is 3. The lowest BCUT2D eigenvalue weighted by Gasteiger charge is -2.26. The average Bonchev–Trinajstić information content (AvgIpc) is 3.20. The average molecular weight is 501 g/mol. The molecule has 1 aromatic heterocycles. The topological polar surface area (TPSA) is 79.7 Å². The van der Waals surface area contributed by atoms with Crippen LogP contribution in [0.2, 0.25) is 0 Å². The number of cyclic esters (lactones) is 1. The molecule has 0 atom stereocenters. The van der Waals surface area contributed by atoms with E-state index in [1.54, 1.807) is 4.90 Å². The monoisotopic (exact) mass is 500 g/mol. The molecule has 1 aliphatic heterocycles. The van der Waals surface area contributed by atoms with Crippen LogP contribution in [0.25, 0.3) is 11.0 Å². The van der Waals surface area contributed by atoms with E-state index in [1.165, 1.54) is 18.6 Å². The highest BCUT2D eigenvalue weighted by molar-refractivity contribution is 5.95. The molecule has 5 rings (SSSR count). The molecule has 1 aliphatic carbocycles. The molecular weight excluding hydrogens is 473 g/mol. The number of carbonyl (C=O) groups excluding carboxylic acids is 2. The van der Waals surface area contributed by atoms with Gasteiger partial charge in [-0.3, -0.25) is 9.69 Å². The van der Waals surface area contributed by atoms with Gasteiger partial charge in [-0.15, -0.1) is 0 Å². The number of carbonyl (C=O) groups is 2. The van der Waals surface area contributed by atoms with Crippen LogP contribution < -0.4 is 10.5 Å². The van der Waals surface area contributed by atoms with E-state index in [0.29, 0.717) is 36.8 Å². The van der Waals surface area contributed by atoms with Crippen molar-refractivity contribution < 1.29 is 27.5 Å². The molecule has 2 aromatic carbocycles. The van der Waals surface area contributed by atoms with Gasteiger partial charge in [-0.2, -0.15) is 18.2 Å². The fourth-order valence-corrected chi connectivity index (χ4v) is 5.01. The number of nitrogens with one attached hydrogen (secondary N) is 1. The van der Waals surface area contributed by atoms with Gasteiger partial charge in [0.15, 0.2) is 0 Å². The van der Waals surface area contributed by atoms with Crippen LogP contribution in [-0.4, -0.2) is 34.7 Å². The number of anilines is 1. The molecular formula is C26H27F3N4O3. The van der Waals surface area contributed by atoms with Gasteiger partial charge in [0, 0.05) is 24.3 Å². The zero-order valence-electron chi connectivity index (χ0n) is 19.7. The zero-order valence-corrected chi connectivity index (χ0v) is 19.7. The summed E-state index contributed by atoms with van der Waals surface area (Å²) in [4.78, 5) is 34.1. The molecule has 2 fully saturated rings. The van der Waals surface area contributed by atoms with E-state index in [4.69, 9.17) is 4.74 Å². The second-order valence-electron chi connectivity index (χ2n) is 9.38. The van der Waals surface area contributed by atoms with E-state index in [1.807, 2.05) is 22.8 Å². The van der Waals surface area contributed by atoms with Crippen molar-refractivity contribution in [1.29, 1.82) is 0 Å². The first-order chi connectivity index (χ1) is 17.3. The van der Waals surface area contributed by atoms with Crippen LogP contribution in [0.1, 0.15) is 54.4 Å². The number of fused-ring (bicyclic) bond motifs is 1. The van der Waals surface area contributed by atoms with E-state index in [9.17, 15) is 22.8 Å². The van der Waals surface area contributed by atoms with Gasteiger partial charge in [-0.1, -0.05) is 25.3 Å². The predicted octanol–water partition coefficient (Wildman–Crippen LogP) is 5.66. The van der Waals surface area contributed by atoms with Crippen LogP contribution >= 0.6 is 0 Å². The third-order valence-electron chi connectivity index (χ3n) is 6.87. The first-order valence-corrected chi connectivity index (χ1v) is 12.2. The molecule has 2 aliphatic rings. The highest BCUT2D eigenvalue weighted by Crippen LogP contribution is 2.30. The van der Waals surface area contributed by atoms with Crippen LogP contribution in [-0.2, 0) is 17.5 Å². The summed E-state index contributed by atoms with van der Waals surface area (Å²) in [5.74, 6) is -0.345. The second-order valence-corrected chi connectivity index (χ2v) is 9.38. The van der Waals surface area contributed by atoms with Crippen molar-refractivity contribution in [3.8, 4) is 0 Å². The maximum absolute atomic E-state index is 13.2. The van der Waals surface area contributed by atoms with Crippen molar-refractivity contribution in [1.82, 2.24) is 9.55 Å². The number of halogens is 3. The third-order valence-corrected chi connectivity index (χ3v) is 6.87. The van der Waals surface area contributed by atoms with Gasteiger partial charge in [0.25, 0.3) is 5.91 Å². The molecule has 2 heterocycles. The molecule has 0 unspecified atom stereocenters. The number of rotatable bonds is 4. The molecule has 2 amide bonds. The van der Waals surface area contributed by atoms with Crippen LogP contribution in [0, 0.1) is 5.92 Å². The lowest BCUT2D eigenvalue weighted by Crippen LogP contribution is -2.37. The van der Waals surface area contributed by atoms with Crippen molar-refractivity contribution in [2.45, 2.75) is 51.2 Å². The summed E-state index contributed by atoms with van der Waals surface area (Å²) >= 11 is 0. The summed E-state index contributed by atoms with van der Waals surface area (Å²) < 4.78 is 46.5. The summed E-state index contributed by atoms with van der Waals surface area (Å²) in [7, 11) is 0. The number of ether oxygens (including phenoxy) is 1. The highest BCUT2D eigenvalue weighted by Gasteiger charge is 2.31. The Balaban J connectivity index is 1.56. The lowest BCUT2D eigenvalue weighted by molar-refractivity contribution is -0.137. The second kappa shape index (κ2) is 9.83. The number of hydrogen-bond donors (Lipinski definition) is 1. The molecule has 3 aromatic rings. The van der Waals surface area contributed by atoms with E-state index < -0.39 is 23.7 Å². The largest absolute Gasteiger partial charge is 0.449 e. The van der Waals surface area contributed by atoms with Gasteiger partial charge >= 0.3 is 12.3 Å². The fraction of sp³-hybridized carbons (Fsp3) is 0.423. The van der Waals surface area contributed by atoms with E-state index >= 15 is 0 Å². The summed E-state index contributed by atoms with van der Waals surface area (Å²) in [6.07, 6.45) is 1.39. The molecule has 1 saturated carbocycles. The van der Waals surface area contributed by atoms with Crippen molar-refractivity contribution in [3.63, 3.8) is 0 Å². The number of benzene rings is 2. The number of hydrogen-bond acceptors (Lipinski definition) is 3. The Bertz CT molecular complexity index is 1350. The van der Waals surface area contributed by atoms with Crippen molar-refractivity contribution in [2.75, 3.05) is 18.1 Å². The SMILES string of the molecule is O=C(/N=c1\[nH]c2cc(N3CCCOC3=O)ccc2n1CC1CCCCC1)c1cccc(C(F)(F)F)c1. The van der Waals surface area contributed by atoms with Crippen molar-refractivity contribution in [2.24, 2.45) is 10.9 Å². The molecule has 1 saturated heterocycles. The van der Waals surface area contributed by atoms with Crippen LogP contribution in [0.5, 0.6) is 0 Å². The zero-order chi connectivity index (χ0) is 25.3. The number of imidazole rings is 1. The van der Waals surface area contributed by atoms with E-state index in [-0.39, 0.29) is 11.2 Å². The summed E-state index contributed by atoms with van der Waals surface area (Å²) in [6.45, 7) is 1.57. The van der Waals surface area contributed by atoms with Crippen molar-refractivity contribution >= 4 is 28.7 Å². The fourth-order valence-electron chi connectivity index (χ4n) is 5.01.